The van der Waals surface area contributed by atoms with Crippen molar-refractivity contribution >= 4 is 51.3 Å². The summed E-state index contributed by atoms with van der Waals surface area (Å²) >= 11 is 6.53. The predicted octanol–water partition coefficient (Wildman–Crippen LogP) is 6.08. The molecule has 28 heavy (non-hydrogen) atoms. The van der Waals surface area contributed by atoms with Crippen LogP contribution in [0.3, 0.4) is 0 Å². The number of hydrogen-bond acceptors (Lipinski definition) is 2. The summed E-state index contributed by atoms with van der Waals surface area (Å²) in [5.74, 6) is 0.787. The quantitative estimate of drug-likeness (QED) is 0.384. The van der Waals surface area contributed by atoms with Gasteiger partial charge in [-0.2, -0.15) is 4.57 Å². The number of halogens is 1. The zero-order chi connectivity index (χ0) is 19.7. The van der Waals surface area contributed by atoms with Gasteiger partial charge in [0.2, 0.25) is 5.58 Å². The van der Waals surface area contributed by atoms with E-state index in [1.54, 1.807) is 0 Å². The van der Waals surface area contributed by atoms with E-state index in [9.17, 15) is 0 Å². The zero-order valence-corrected chi connectivity index (χ0v) is 17.2. The van der Waals surface area contributed by atoms with Crippen LogP contribution in [0.2, 0.25) is 5.02 Å². The Balaban J connectivity index is 1.71. The molecule has 0 atom stereocenters. The Morgan fingerprint density at radius 3 is 2.54 bits per heavy atom. The van der Waals surface area contributed by atoms with E-state index in [4.69, 9.17) is 16.0 Å². The minimum Gasteiger partial charge on any atom is -0.397 e. The fraction of sp³-hybridized carbons (Fsp3) is 0.208. The number of fused-ring (bicyclic) bond motifs is 3. The topological polar surface area (TPSA) is 20.3 Å². The highest BCUT2D eigenvalue weighted by molar-refractivity contribution is 6.32. The SMILES string of the molecule is CCN(CC)c1ccc(/C=C/c2oc3c4ccccc4ccc3[n+]2C)c(Cl)c1. The molecule has 0 aliphatic rings. The molecule has 3 aromatic carbocycles. The van der Waals surface area contributed by atoms with Crippen molar-refractivity contribution in [3.63, 3.8) is 0 Å². The number of nitrogens with zero attached hydrogens (tertiary/aromatic N) is 2. The van der Waals surface area contributed by atoms with Gasteiger partial charge in [0.15, 0.2) is 0 Å². The van der Waals surface area contributed by atoms with Gasteiger partial charge in [0.05, 0.1) is 6.08 Å². The smallest absolute Gasteiger partial charge is 0.373 e. The lowest BCUT2D eigenvalue weighted by molar-refractivity contribution is -0.651. The first-order chi connectivity index (χ1) is 13.6. The molecule has 0 N–H and O–H groups in total. The van der Waals surface area contributed by atoms with E-state index >= 15 is 0 Å². The van der Waals surface area contributed by atoms with Crippen LogP contribution in [-0.2, 0) is 7.05 Å². The Morgan fingerprint density at radius 1 is 1.00 bits per heavy atom. The lowest BCUT2D eigenvalue weighted by atomic mass is 10.1. The molecule has 0 saturated heterocycles. The Morgan fingerprint density at radius 2 is 1.79 bits per heavy atom. The number of rotatable bonds is 5. The van der Waals surface area contributed by atoms with Crippen LogP contribution in [0.1, 0.15) is 25.3 Å². The van der Waals surface area contributed by atoms with Crippen molar-refractivity contribution in [3.05, 3.63) is 71.1 Å². The Bertz CT molecular complexity index is 1170. The summed E-state index contributed by atoms with van der Waals surface area (Å²) in [4.78, 5) is 2.28. The summed E-state index contributed by atoms with van der Waals surface area (Å²) in [5, 5.41) is 3.04. The van der Waals surface area contributed by atoms with Gasteiger partial charge >= 0.3 is 5.89 Å². The number of hydrogen-bond donors (Lipinski definition) is 0. The van der Waals surface area contributed by atoms with Crippen LogP contribution in [0.5, 0.6) is 0 Å². The number of aryl methyl sites for hydroxylation is 1. The van der Waals surface area contributed by atoms with Crippen LogP contribution in [0.15, 0.2) is 59.0 Å². The molecule has 1 heterocycles. The maximum absolute atomic E-state index is 6.53. The van der Waals surface area contributed by atoms with Crippen LogP contribution in [0.4, 0.5) is 5.69 Å². The maximum Gasteiger partial charge on any atom is 0.373 e. The zero-order valence-electron chi connectivity index (χ0n) is 16.4. The largest absolute Gasteiger partial charge is 0.397 e. The molecule has 1 aromatic heterocycles. The van der Waals surface area contributed by atoms with Gasteiger partial charge in [-0.25, -0.2) is 0 Å². The molecule has 0 radical (unpaired) electrons. The molecule has 142 valence electrons. The van der Waals surface area contributed by atoms with Crippen LogP contribution < -0.4 is 9.47 Å². The molecule has 4 heteroatoms. The average Bonchev–Trinajstić information content (AvgIpc) is 3.04. The van der Waals surface area contributed by atoms with Crippen molar-refractivity contribution in [2.45, 2.75) is 13.8 Å². The summed E-state index contributed by atoms with van der Waals surface area (Å²) in [6.45, 7) is 6.22. The van der Waals surface area contributed by atoms with Crippen LogP contribution in [0, 0.1) is 0 Å². The second kappa shape index (κ2) is 7.69. The minimum atomic E-state index is 0.741. The third-order valence-corrected chi connectivity index (χ3v) is 5.60. The molecule has 0 aliphatic heterocycles. The van der Waals surface area contributed by atoms with Crippen molar-refractivity contribution in [1.29, 1.82) is 0 Å². The summed E-state index contributed by atoms with van der Waals surface area (Å²) in [5.41, 5.74) is 4.10. The van der Waals surface area contributed by atoms with Gasteiger partial charge in [-0.15, -0.1) is 0 Å². The first-order valence-corrected chi connectivity index (χ1v) is 10.0. The highest BCUT2D eigenvalue weighted by atomic mass is 35.5. The molecule has 0 unspecified atom stereocenters. The third-order valence-electron chi connectivity index (χ3n) is 5.28. The van der Waals surface area contributed by atoms with Crippen LogP contribution in [0.25, 0.3) is 34.0 Å². The number of anilines is 1. The maximum atomic E-state index is 6.53. The lowest BCUT2D eigenvalue weighted by Crippen LogP contribution is -2.29. The molecule has 4 aromatic rings. The molecule has 0 amide bonds. The first kappa shape index (κ1) is 18.6. The fourth-order valence-electron chi connectivity index (χ4n) is 3.64. The molecular formula is C24H24ClN2O+. The van der Waals surface area contributed by atoms with Gasteiger partial charge in [0.1, 0.15) is 7.05 Å². The van der Waals surface area contributed by atoms with E-state index in [0.29, 0.717) is 0 Å². The Hall–Kier alpha value is -2.78. The molecule has 0 bridgehead atoms. The monoisotopic (exact) mass is 391 g/mol. The van der Waals surface area contributed by atoms with E-state index in [-0.39, 0.29) is 0 Å². The number of benzene rings is 3. The van der Waals surface area contributed by atoms with Gasteiger partial charge in [-0.1, -0.05) is 41.9 Å². The van der Waals surface area contributed by atoms with E-state index in [1.165, 1.54) is 5.39 Å². The third kappa shape index (κ3) is 3.27. The number of oxazole rings is 1. The molecule has 3 nitrogen and oxygen atoms in total. The van der Waals surface area contributed by atoms with Gasteiger partial charge in [0, 0.05) is 35.3 Å². The lowest BCUT2D eigenvalue weighted by Gasteiger charge is -2.21. The van der Waals surface area contributed by atoms with Gasteiger partial charge in [-0.3, -0.25) is 0 Å². The van der Waals surface area contributed by atoms with Gasteiger partial charge < -0.3 is 9.32 Å². The highest BCUT2D eigenvalue weighted by Gasteiger charge is 2.18. The van der Waals surface area contributed by atoms with Crippen molar-refractivity contribution < 1.29 is 8.98 Å². The molecule has 0 saturated carbocycles. The van der Waals surface area contributed by atoms with E-state index in [0.717, 1.165) is 51.7 Å². The van der Waals surface area contributed by atoms with E-state index in [1.807, 2.05) is 37.4 Å². The van der Waals surface area contributed by atoms with E-state index < -0.39 is 0 Å². The van der Waals surface area contributed by atoms with Crippen molar-refractivity contribution in [3.8, 4) is 0 Å². The molecule has 0 fully saturated rings. The van der Waals surface area contributed by atoms with Crippen molar-refractivity contribution in [2.75, 3.05) is 18.0 Å². The Labute approximate surface area is 170 Å². The van der Waals surface area contributed by atoms with Crippen molar-refractivity contribution in [2.24, 2.45) is 7.05 Å². The van der Waals surface area contributed by atoms with Gasteiger partial charge in [0.25, 0.3) is 5.52 Å². The summed E-state index contributed by atoms with van der Waals surface area (Å²) < 4.78 is 8.26. The fourth-order valence-corrected chi connectivity index (χ4v) is 3.88. The molecule has 0 aliphatic carbocycles. The normalized spacial score (nSPS) is 11.7. The first-order valence-electron chi connectivity index (χ1n) is 9.65. The van der Waals surface area contributed by atoms with Crippen LogP contribution in [-0.4, -0.2) is 13.1 Å². The summed E-state index contributed by atoms with van der Waals surface area (Å²) in [6, 6.07) is 18.7. The van der Waals surface area contributed by atoms with E-state index in [2.05, 4.69) is 59.7 Å². The van der Waals surface area contributed by atoms with Crippen molar-refractivity contribution in [1.82, 2.24) is 0 Å². The summed E-state index contributed by atoms with van der Waals surface area (Å²) in [7, 11) is 2.02. The minimum absolute atomic E-state index is 0.741. The van der Waals surface area contributed by atoms with Gasteiger partial charge in [-0.05, 0) is 49.1 Å². The molecule has 0 spiro atoms. The predicted molar refractivity (Wildman–Crippen MR) is 119 cm³/mol. The Kier molecular flexibility index (Phi) is 5.10. The highest BCUT2D eigenvalue weighted by Crippen LogP contribution is 2.27. The second-order valence-corrected chi connectivity index (χ2v) is 7.25. The standard InChI is InChI=1S/C24H24ClN2O/c1-4-27(5-2)19-13-10-18(21(25)16-19)12-15-23-26(3)22-14-11-17-8-6-7-9-20(17)24(22)28-23/h6-16H,4-5H2,1-3H3/q+1. The number of aromatic nitrogens is 1. The second-order valence-electron chi connectivity index (χ2n) is 6.85. The molecule has 4 rings (SSSR count). The average molecular weight is 392 g/mol. The molecular weight excluding hydrogens is 368 g/mol. The van der Waals surface area contributed by atoms with Crippen LogP contribution >= 0.6 is 11.6 Å². The summed E-state index contributed by atoms with van der Waals surface area (Å²) in [6.07, 6.45) is 3.99.